The second-order valence-electron chi connectivity index (χ2n) is 5.62. The summed E-state index contributed by atoms with van der Waals surface area (Å²) in [5.74, 6) is -0.0208. The maximum absolute atomic E-state index is 11.9. The van der Waals surface area contributed by atoms with Gasteiger partial charge in [0.25, 0.3) is 0 Å². The third kappa shape index (κ3) is 5.89. The summed E-state index contributed by atoms with van der Waals surface area (Å²) in [6.07, 6.45) is 3.14. The number of nitrogens with one attached hydrogen (secondary N) is 1. The predicted molar refractivity (Wildman–Crippen MR) is 76.9 cm³/mol. The molecule has 0 aliphatic carbocycles. The van der Waals surface area contributed by atoms with Gasteiger partial charge in [0.05, 0.1) is 0 Å². The first-order valence-corrected chi connectivity index (χ1v) is 7.31. The molecule has 0 radical (unpaired) electrons. The fourth-order valence-corrected chi connectivity index (χ4v) is 2.30. The average Bonchev–Trinajstić information content (AvgIpc) is 2.40. The van der Waals surface area contributed by atoms with E-state index in [0.29, 0.717) is 6.04 Å². The van der Waals surface area contributed by atoms with Crippen LogP contribution in [0.2, 0.25) is 0 Å². The number of ether oxygens (including phenoxy) is 1. The predicted octanol–water partition coefficient (Wildman–Crippen LogP) is 0.587. The molecule has 1 aliphatic rings. The van der Waals surface area contributed by atoms with Gasteiger partial charge >= 0.3 is 0 Å². The molecule has 1 aliphatic heterocycles. The Balaban J connectivity index is 2.21. The molecular formula is C14H29N3O2. The summed E-state index contributed by atoms with van der Waals surface area (Å²) < 4.78 is 5.06. The van der Waals surface area contributed by atoms with E-state index in [9.17, 15) is 4.79 Å². The molecule has 1 heterocycles. The molecule has 0 saturated carbocycles. The minimum atomic E-state index is -0.111. The lowest BCUT2D eigenvalue weighted by atomic mass is 10.0. The Hall–Kier alpha value is -0.650. The number of hydrogen-bond donors (Lipinski definition) is 2. The van der Waals surface area contributed by atoms with Crippen molar-refractivity contribution in [3.63, 3.8) is 0 Å². The minimum absolute atomic E-state index is 0.0888. The van der Waals surface area contributed by atoms with Crippen LogP contribution in [0.5, 0.6) is 0 Å². The molecule has 0 bridgehead atoms. The maximum Gasteiger partial charge on any atom is 0.224 e. The summed E-state index contributed by atoms with van der Waals surface area (Å²) >= 11 is 0. The lowest BCUT2D eigenvalue weighted by molar-refractivity contribution is -0.126. The van der Waals surface area contributed by atoms with Gasteiger partial charge in [-0.1, -0.05) is 6.92 Å². The van der Waals surface area contributed by atoms with Crippen LogP contribution >= 0.6 is 0 Å². The highest BCUT2D eigenvalue weighted by Crippen LogP contribution is 2.12. The normalized spacial score (nSPS) is 21.1. The van der Waals surface area contributed by atoms with Gasteiger partial charge in [-0.15, -0.1) is 0 Å². The van der Waals surface area contributed by atoms with E-state index in [2.05, 4.69) is 10.2 Å². The van der Waals surface area contributed by atoms with Crippen LogP contribution < -0.4 is 11.1 Å². The van der Waals surface area contributed by atoms with E-state index in [0.717, 1.165) is 45.5 Å². The second kappa shape index (κ2) is 8.51. The minimum Gasteiger partial charge on any atom is -0.385 e. The van der Waals surface area contributed by atoms with Gasteiger partial charge in [0.15, 0.2) is 0 Å². The van der Waals surface area contributed by atoms with E-state index in [1.807, 2.05) is 13.8 Å². The van der Waals surface area contributed by atoms with E-state index in [1.54, 1.807) is 7.11 Å². The smallest absolute Gasteiger partial charge is 0.224 e. The number of carbonyl (C=O) groups excluding carboxylic acids is 1. The van der Waals surface area contributed by atoms with Gasteiger partial charge in [0, 0.05) is 51.4 Å². The molecule has 1 saturated heterocycles. The molecule has 5 nitrogen and oxygen atoms in total. The standard InChI is InChI=1S/C14H29N3O2/c1-11(12(2)15)14(18)16-13-5-8-17(9-6-13)7-4-10-19-3/h11-13H,4-10,15H2,1-3H3,(H,16,18). The number of piperidine rings is 1. The van der Waals surface area contributed by atoms with Gasteiger partial charge in [0.2, 0.25) is 5.91 Å². The van der Waals surface area contributed by atoms with Crippen molar-refractivity contribution in [2.45, 2.75) is 45.2 Å². The van der Waals surface area contributed by atoms with Crippen molar-refractivity contribution < 1.29 is 9.53 Å². The van der Waals surface area contributed by atoms with Crippen LogP contribution in [0.25, 0.3) is 0 Å². The zero-order valence-electron chi connectivity index (χ0n) is 12.5. The number of methoxy groups -OCH3 is 1. The highest BCUT2D eigenvalue weighted by atomic mass is 16.5. The van der Waals surface area contributed by atoms with Gasteiger partial charge in [-0.2, -0.15) is 0 Å². The third-order valence-electron chi connectivity index (χ3n) is 3.96. The first-order chi connectivity index (χ1) is 9.04. The van der Waals surface area contributed by atoms with Crippen molar-refractivity contribution in [2.24, 2.45) is 11.7 Å². The molecule has 5 heteroatoms. The van der Waals surface area contributed by atoms with E-state index in [-0.39, 0.29) is 17.9 Å². The van der Waals surface area contributed by atoms with Crippen LogP contribution in [0.3, 0.4) is 0 Å². The van der Waals surface area contributed by atoms with Crippen molar-refractivity contribution in [1.29, 1.82) is 0 Å². The van der Waals surface area contributed by atoms with Crippen LogP contribution in [0.15, 0.2) is 0 Å². The van der Waals surface area contributed by atoms with Crippen molar-refractivity contribution in [3.8, 4) is 0 Å². The summed E-state index contributed by atoms with van der Waals surface area (Å²) in [5, 5.41) is 3.12. The van der Waals surface area contributed by atoms with Crippen molar-refractivity contribution in [3.05, 3.63) is 0 Å². The quantitative estimate of drug-likeness (QED) is 0.665. The van der Waals surface area contributed by atoms with Gasteiger partial charge in [-0.3, -0.25) is 4.79 Å². The largest absolute Gasteiger partial charge is 0.385 e. The Kier molecular flexibility index (Phi) is 7.34. The molecule has 2 unspecified atom stereocenters. The summed E-state index contributed by atoms with van der Waals surface area (Å²) in [5.41, 5.74) is 5.75. The Morgan fingerprint density at radius 2 is 2.05 bits per heavy atom. The number of likely N-dealkylation sites (tertiary alicyclic amines) is 1. The molecule has 2 atom stereocenters. The number of rotatable bonds is 7. The Bertz CT molecular complexity index is 263. The molecule has 3 N–H and O–H groups in total. The molecule has 112 valence electrons. The van der Waals surface area contributed by atoms with Gasteiger partial charge in [-0.25, -0.2) is 0 Å². The summed E-state index contributed by atoms with van der Waals surface area (Å²) in [4.78, 5) is 14.4. The highest BCUT2D eigenvalue weighted by Gasteiger charge is 2.23. The zero-order chi connectivity index (χ0) is 14.3. The molecular weight excluding hydrogens is 242 g/mol. The molecule has 0 aromatic heterocycles. The number of amides is 1. The lowest BCUT2D eigenvalue weighted by Crippen LogP contribution is -2.48. The number of hydrogen-bond acceptors (Lipinski definition) is 4. The van der Waals surface area contributed by atoms with E-state index >= 15 is 0 Å². The van der Waals surface area contributed by atoms with Gasteiger partial charge in [0.1, 0.15) is 0 Å². The summed E-state index contributed by atoms with van der Waals surface area (Å²) in [6.45, 7) is 7.79. The maximum atomic E-state index is 11.9. The fourth-order valence-electron chi connectivity index (χ4n) is 2.30. The summed E-state index contributed by atoms with van der Waals surface area (Å²) in [7, 11) is 1.74. The Labute approximate surface area is 116 Å². The van der Waals surface area contributed by atoms with Crippen molar-refractivity contribution in [2.75, 3.05) is 33.4 Å². The van der Waals surface area contributed by atoms with Crippen LogP contribution in [-0.2, 0) is 9.53 Å². The van der Waals surface area contributed by atoms with Crippen LogP contribution in [0.4, 0.5) is 0 Å². The molecule has 1 rings (SSSR count). The molecule has 0 aromatic rings. The highest BCUT2D eigenvalue weighted by molar-refractivity contribution is 5.79. The Morgan fingerprint density at radius 3 is 2.58 bits per heavy atom. The summed E-state index contributed by atoms with van der Waals surface area (Å²) in [6, 6.07) is 0.224. The van der Waals surface area contributed by atoms with E-state index < -0.39 is 0 Å². The number of nitrogens with zero attached hydrogens (tertiary/aromatic N) is 1. The molecule has 0 spiro atoms. The molecule has 1 amide bonds. The topological polar surface area (TPSA) is 67.6 Å². The SMILES string of the molecule is COCCCN1CCC(NC(=O)C(C)C(C)N)CC1. The molecule has 19 heavy (non-hydrogen) atoms. The van der Waals surface area contributed by atoms with E-state index in [1.165, 1.54) is 0 Å². The Morgan fingerprint density at radius 1 is 1.42 bits per heavy atom. The second-order valence-corrected chi connectivity index (χ2v) is 5.62. The average molecular weight is 271 g/mol. The monoisotopic (exact) mass is 271 g/mol. The third-order valence-corrected chi connectivity index (χ3v) is 3.96. The number of carbonyl (C=O) groups is 1. The van der Waals surface area contributed by atoms with Crippen molar-refractivity contribution in [1.82, 2.24) is 10.2 Å². The van der Waals surface area contributed by atoms with Crippen LogP contribution in [0.1, 0.15) is 33.1 Å². The molecule has 0 aromatic carbocycles. The van der Waals surface area contributed by atoms with E-state index in [4.69, 9.17) is 10.5 Å². The van der Waals surface area contributed by atoms with Gasteiger partial charge in [-0.05, 0) is 26.2 Å². The lowest BCUT2D eigenvalue weighted by Gasteiger charge is -2.33. The van der Waals surface area contributed by atoms with Crippen LogP contribution in [0, 0.1) is 5.92 Å². The van der Waals surface area contributed by atoms with Crippen LogP contribution in [-0.4, -0.2) is 56.2 Å². The fraction of sp³-hybridized carbons (Fsp3) is 0.929. The first-order valence-electron chi connectivity index (χ1n) is 7.31. The van der Waals surface area contributed by atoms with Gasteiger partial charge < -0.3 is 20.7 Å². The first kappa shape index (κ1) is 16.4. The zero-order valence-corrected chi connectivity index (χ0v) is 12.5. The van der Waals surface area contributed by atoms with Crippen molar-refractivity contribution >= 4 is 5.91 Å². The number of nitrogens with two attached hydrogens (primary N) is 1. The molecule has 1 fully saturated rings.